The van der Waals surface area contributed by atoms with Gasteiger partial charge in [0.25, 0.3) is 5.91 Å². The van der Waals surface area contributed by atoms with Crippen LogP contribution in [0.15, 0.2) is 24.4 Å². The highest BCUT2D eigenvalue weighted by Gasteiger charge is 2.16. The van der Waals surface area contributed by atoms with Crippen LogP contribution in [0.5, 0.6) is 0 Å². The second kappa shape index (κ2) is 5.59. The number of anilines is 1. The number of aromatic nitrogens is 1. The zero-order valence-corrected chi connectivity index (χ0v) is 12.2. The highest BCUT2D eigenvalue weighted by atomic mass is 35.5. The number of thiazole rings is 1. The number of benzene rings is 1. The first-order chi connectivity index (χ1) is 8.97. The Morgan fingerprint density at radius 1 is 1.53 bits per heavy atom. The van der Waals surface area contributed by atoms with E-state index in [9.17, 15) is 4.79 Å². The van der Waals surface area contributed by atoms with Gasteiger partial charge in [-0.25, -0.2) is 4.98 Å². The third-order valence-corrected chi connectivity index (χ3v) is 4.00. The average molecular weight is 296 g/mol. The molecule has 2 rings (SSSR count). The van der Waals surface area contributed by atoms with Gasteiger partial charge in [-0.15, -0.1) is 11.3 Å². The summed E-state index contributed by atoms with van der Waals surface area (Å²) in [5.41, 5.74) is 6.54. The van der Waals surface area contributed by atoms with E-state index in [4.69, 9.17) is 17.3 Å². The molecule has 1 aromatic heterocycles. The van der Waals surface area contributed by atoms with E-state index in [-0.39, 0.29) is 11.9 Å². The lowest BCUT2D eigenvalue weighted by atomic mass is 10.2. The number of aryl methyl sites for hydroxylation is 1. The standard InChI is InChI=1S/C13H14ClN3OS/c1-7-6-16-13(19-7)8(2)17-12(18)10-4-3-9(15)5-11(10)14/h3-6,8H,15H2,1-2H3,(H,17,18). The smallest absolute Gasteiger partial charge is 0.253 e. The molecule has 0 aliphatic carbocycles. The summed E-state index contributed by atoms with van der Waals surface area (Å²) >= 11 is 7.56. The minimum Gasteiger partial charge on any atom is -0.399 e. The van der Waals surface area contributed by atoms with Crippen LogP contribution in [0, 0.1) is 6.92 Å². The number of nitrogen functional groups attached to an aromatic ring is 1. The minimum absolute atomic E-state index is 0.153. The fourth-order valence-electron chi connectivity index (χ4n) is 1.62. The normalized spacial score (nSPS) is 12.2. The Hall–Kier alpha value is -1.59. The van der Waals surface area contributed by atoms with Crippen molar-refractivity contribution < 1.29 is 4.79 Å². The van der Waals surface area contributed by atoms with Crippen LogP contribution < -0.4 is 11.1 Å². The summed E-state index contributed by atoms with van der Waals surface area (Å²) in [4.78, 5) is 17.5. The second-order valence-electron chi connectivity index (χ2n) is 4.24. The first-order valence-electron chi connectivity index (χ1n) is 5.75. The van der Waals surface area contributed by atoms with Crippen LogP contribution in [0.3, 0.4) is 0 Å². The van der Waals surface area contributed by atoms with Crippen LogP contribution >= 0.6 is 22.9 Å². The Labute approximate surface area is 120 Å². The van der Waals surface area contributed by atoms with Crippen molar-refractivity contribution in [1.82, 2.24) is 10.3 Å². The van der Waals surface area contributed by atoms with Crippen molar-refractivity contribution in [2.45, 2.75) is 19.9 Å². The number of nitrogens with one attached hydrogen (secondary N) is 1. The van der Waals surface area contributed by atoms with E-state index < -0.39 is 0 Å². The zero-order valence-electron chi connectivity index (χ0n) is 10.6. The molecule has 1 heterocycles. The number of carbonyl (C=O) groups excluding carboxylic acids is 1. The van der Waals surface area contributed by atoms with Crippen molar-refractivity contribution in [3.05, 3.63) is 44.9 Å². The Morgan fingerprint density at radius 3 is 2.84 bits per heavy atom. The lowest BCUT2D eigenvalue weighted by Gasteiger charge is -2.12. The maximum atomic E-state index is 12.1. The third-order valence-electron chi connectivity index (χ3n) is 2.59. The summed E-state index contributed by atoms with van der Waals surface area (Å²) in [6.45, 7) is 3.87. The van der Waals surface area contributed by atoms with Gasteiger partial charge in [0.1, 0.15) is 5.01 Å². The molecule has 1 atom stereocenters. The summed E-state index contributed by atoms with van der Waals surface area (Å²) in [5, 5.41) is 4.09. The molecule has 1 amide bonds. The topological polar surface area (TPSA) is 68.0 Å². The van der Waals surface area contributed by atoms with Crippen molar-refractivity contribution in [3.8, 4) is 0 Å². The molecule has 0 radical (unpaired) electrons. The van der Waals surface area contributed by atoms with Gasteiger partial charge >= 0.3 is 0 Å². The molecule has 0 saturated heterocycles. The quantitative estimate of drug-likeness (QED) is 0.855. The summed E-state index contributed by atoms with van der Waals surface area (Å²) in [6, 6.07) is 4.68. The predicted octanol–water partition coefficient (Wildman–Crippen LogP) is 3.18. The van der Waals surface area contributed by atoms with Gasteiger partial charge in [0.05, 0.1) is 16.6 Å². The van der Waals surface area contributed by atoms with Crippen molar-refractivity contribution >= 4 is 34.5 Å². The highest BCUT2D eigenvalue weighted by Crippen LogP contribution is 2.22. The number of amides is 1. The first-order valence-corrected chi connectivity index (χ1v) is 6.95. The summed E-state index contributed by atoms with van der Waals surface area (Å²) in [5.74, 6) is -0.231. The van der Waals surface area contributed by atoms with Crippen molar-refractivity contribution in [1.29, 1.82) is 0 Å². The molecule has 4 nitrogen and oxygen atoms in total. The van der Waals surface area contributed by atoms with Crippen LogP contribution in [-0.4, -0.2) is 10.9 Å². The maximum absolute atomic E-state index is 12.1. The molecule has 100 valence electrons. The number of hydrogen-bond donors (Lipinski definition) is 2. The monoisotopic (exact) mass is 295 g/mol. The lowest BCUT2D eigenvalue weighted by Crippen LogP contribution is -2.26. The van der Waals surface area contributed by atoms with Gasteiger partial charge in [0.15, 0.2) is 0 Å². The molecule has 0 fully saturated rings. The molecule has 1 unspecified atom stereocenters. The molecule has 2 aromatic rings. The fourth-order valence-corrected chi connectivity index (χ4v) is 2.68. The van der Waals surface area contributed by atoms with Gasteiger partial charge in [-0.2, -0.15) is 0 Å². The Morgan fingerprint density at radius 2 is 2.26 bits per heavy atom. The molecule has 0 saturated carbocycles. The molecular weight excluding hydrogens is 282 g/mol. The molecule has 3 N–H and O–H groups in total. The minimum atomic E-state index is -0.231. The van der Waals surface area contributed by atoms with Crippen molar-refractivity contribution in [2.75, 3.05) is 5.73 Å². The van der Waals surface area contributed by atoms with E-state index in [1.807, 2.05) is 13.8 Å². The molecule has 0 spiro atoms. The fraction of sp³-hybridized carbons (Fsp3) is 0.231. The van der Waals surface area contributed by atoms with Gasteiger partial charge in [-0.3, -0.25) is 4.79 Å². The zero-order chi connectivity index (χ0) is 14.0. The maximum Gasteiger partial charge on any atom is 0.253 e. The molecule has 19 heavy (non-hydrogen) atoms. The summed E-state index contributed by atoms with van der Waals surface area (Å²) < 4.78 is 0. The number of hydrogen-bond acceptors (Lipinski definition) is 4. The Kier molecular flexibility index (Phi) is 4.07. The number of rotatable bonds is 3. The first kappa shape index (κ1) is 13.8. The third kappa shape index (κ3) is 3.24. The van der Waals surface area contributed by atoms with Crippen LogP contribution in [0.25, 0.3) is 0 Å². The van der Waals surface area contributed by atoms with E-state index in [0.717, 1.165) is 9.88 Å². The van der Waals surface area contributed by atoms with Crippen molar-refractivity contribution in [2.24, 2.45) is 0 Å². The number of halogens is 1. The average Bonchev–Trinajstić information content (AvgIpc) is 2.75. The SMILES string of the molecule is Cc1cnc(C(C)NC(=O)c2ccc(N)cc2Cl)s1. The van der Waals surface area contributed by atoms with Crippen LogP contribution in [0.4, 0.5) is 5.69 Å². The van der Waals surface area contributed by atoms with Gasteiger partial charge < -0.3 is 11.1 Å². The summed E-state index contributed by atoms with van der Waals surface area (Å²) in [7, 11) is 0. The van der Waals surface area contributed by atoms with E-state index in [1.165, 1.54) is 0 Å². The molecule has 1 aromatic carbocycles. The number of nitrogens with zero attached hydrogens (tertiary/aromatic N) is 1. The highest BCUT2D eigenvalue weighted by molar-refractivity contribution is 7.11. The van der Waals surface area contributed by atoms with Gasteiger partial charge in [-0.05, 0) is 32.0 Å². The largest absolute Gasteiger partial charge is 0.399 e. The lowest BCUT2D eigenvalue weighted by molar-refractivity contribution is 0.0940. The Bertz CT molecular complexity index is 612. The molecule has 0 aliphatic heterocycles. The van der Waals surface area contributed by atoms with Crippen molar-refractivity contribution in [3.63, 3.8) is 0 Å². The van der Waals surface area contributed by atoms with Crippen LogP contribution in [0.1, 0.15) is 33.2 Å². The van der Waals surface area contributed by atoms with E-state index in [1.54, 1.807) is 35.7 Å². The second-order valence-corrected chi connectivity index (χ2v) is 5.92. The molecule has 6 heteroatoms. The molecule has 0 aliphatic rings. The molecular formula is C13H14ClN3OS. The van der Waals surface area contributed by atoms with Gasteiger partial charge in [0.2, 0.25) is 0 Å². The van der Waals surface area contributed by atoms with E-state index in [2.05, 4.69) is 10.3 Å². The van der Waals surface area contributed by atoms with Gasteiger partial charge in [0, 0.05) is 16.8 Å². The Balaban J connectivity index is 2.12. The number of carbonyl (C=O) groups is 1. The molecule has 0 bridgehead atoms. The predicted molar refractivity (Wildman–Crippen MR) is 78.6 cm³/mol. The summed E-state index contributed by atoms with van der Waals surface area (Å²) in [6.07, 6.45) is 1.79. The van der Waals surface area contributed by atoms with Gasteiger partial charge in [-0.1, -0.05) is 11.6 Å². The van der Waals surface area contributed by atoms with Crippen LogP contribution in [0.2, 0.25) is 5.02 Å². The number of nitrogens with two attached hydrogens (primary N) is 1. The van der Waals surface area contributed by atoms with E-state index in [0.29, 0.717) is 16.3 Å². The van der Waals surface area contributed by atoms with Crippen LogP contribution in [-0.2, 0) is 0 Å². The van der Waals surface area contributed by atoms with E-state index >= 15 is 0 Å².